The zero-order valence-electron chi connectivity index (χ0n) is 16.1. The van der Waals surface area contributed by atoms with Gasteiger partial charge in [0.25, 0.3) is 0 Å². The molecule has 2 aliphatic rings. The smallest absolute Gasteiger partial charge is 0.328 e. The van der Waals surface area contributed by atoms with Crippen LogP contribution in [0.4, 0.5) is 0 Å². The summed E-state index contributed by atoms with van der Waals surface area (Å²) < 4.78 is 5.15. The maximum absolute atomic E-state index is 12.5. The minimum absolute atomic E-state index is 0.0278. The van der Waals surface area contributed by atoms with Crippen LogP contribution in [0.15, 0.2) is 23.8 Å². The maximum Gasteiger partial charge on any atom is 0.328 e. The van der Waals surface area contributed by atoms with Gasteiger partial charge in [-0.1, -0.05) is 31.1 Å². The Morgan fingerprint density at radius 3 is 2.64 bits per heavy atom. The summed E-state index contributed by atoms with van der Waals surface area (Å²) in [5.74, 6) is -0.357. The fraction of sp³-hybridized carbons (Fsp3) is 0.714. The number of carbonyl (C=O) groups is 2. The number of aliphatic carboxylic acids is 1. The Kier molecular flexibility index (Phi) is 5.80. The third kappa shape index (κ3) is 3.68. The predicted molar refractivity (Wildman–Crippen MR) is 98.1 cm³/mol. The highest BCUT2D eigenvalue weighted by Crippen LogP contribution is 2.62. The first-order valence-electron chi connectivity index (χ1n) is 9.31. The van der Waals surface area contributed by atoms with E-state index in [-0.39, 0.29) is 11.4 Å². The normalized spacial score (nSPS) is 35.8. The molecule has 0 unspecified atom stereocenters. The molecule has 0 amide bonds. The highest BCUT2D eigenvalue weighted by atomic mass is 16.5. The van der Waals surface area contributed by atoms with Crippen LogP contribution in [-0.4, -0.2) is 24.2 Å². The first-order chi connectivity index (χ1) is 11.6. The zero-order valence-corrected chi connectivity index (χ0v) is 16.1. The number of carboxylic acid groups (broad SMARTS) is 1. The van der Waals surface area contributed by atoms with E-state index in [0.717, 1.165) is 50.5 Å². The maximum atomic E-state index is 12.5. The highest BCUT2D eigenvalue weighted by Gasteiger charge is 2.57. The summed E-state index contributed by atoms with van der Waals surface area (Å²) in [6, 6.07) is 0. The van der Waals surface area contributed by atoms with Crippen LogP contribution in [0.5, 0.6) is 0 Å². The molecule has 25 heavy (non-hydrogen) atoms. The van der Waals surface area contributed by atoms with Gasteiger partial charge in [-0.2, -0.15) is 0 Å². The predicted octanol–water partition coefficient (Wildman–Crippen LogP) is 4.75. The van der Waals surface area contributed by atoms with Crippen LogP contribution in [0.25, 0.3) is 0 Å². The molecule has 4 heteroatoms. The van der Waals surface area contributed by atoms with Gasteiger partial charge in [-0.15, -0.1) is 0 Å². The molecule has 0 saturated heterocycles. The van der Waals surface area contributed by atoms with Crippen LogP contribution in [0.3, 0.4) is 0 Å². The number of ether oxygens (including phenoxy) is 1. The number of allylic oxidation sites excluding steroid dienone is 2. The Labute approximate surface area is 151 Å². The van der Waals surface area contributed by atoms with Crippen LogP contribution < -0.4 is 0 Å². The summed E-state index contributed by atoms with van der Waals surface area (Å²) in [6.45, 7) is 10.6. The molecule has 0 radical (unpaired) electrons. The largest absolute Gasteiger partial charge is 0.478 e. The average Bonchev–Trinajstić information content (AvgIpc) is 2.52. The lowest BCUT2D eigenvalue weighted by Gasteiger charge is -2.57. The molecule has 1 N–H and O–H groups in total. The highest BCUT2D eigenvalue weighted by molar-refractivity contribution is 5.80. The number of carbonyl (C=O) groups excluding carboxylic acids is 1. The van der Waals surface area contributed by atoms with Crippen molar-refractivity contribution in [2.24, 2.45) is 22.7 Å². The van der Waals surface area contributed by atoms with Crippen molar-refractivity contribution in [2.45, 2.75) is 65.7 Å². The van der Waals surface area contributed by atoms with Crippen LogP contribution in [0.2, 0.25) is 0 Å². The van der Waals surface area contributed by atoms with Crippen molar-refractivity contribution >= 4 is 11.9 Å². The Hall–Kier alpha value is -1.58. The zero-order chi connectivity index (χ0) is 18.8. The number of fused-ring (bicyclic) bond motifs is 1. The van der Waals surface area contributed by atoms with Crippen LogP contribution in [-0.2, 0) is 14.3 Å². The van der Waals surface area contributed by atoms with Crippen molar-refractivity contribution in [2.75, 3.05) is 7.11 Å². The summed E-state index contributed by atoms with van der Waals surface area (Å²) in [6.07, 6.45) is 7.89. The van der Waals surface area contributed by atoms with Gasteiger partial charge in [0, 0.05) is 6.08 Å². The van der Waals surface area contributed by atoms with Gasteiger partial charge in [-0.3, -0.25) is 4.79 Å². The van der Waals surface area contributed by atoms with E-state index in [2.05, 4.69) is 20.4 Å². The molecular weight excluding hydrogens is 316 g/mol. The number of hydrogen-bond donors (Lipinski definition) is 1. The molecule has 0 aromatic rings. The van der Waals surface area contributed by atoms with Gasteiger partial charge in [0.15, 0.2) is 0 Å². The summed E-state index contributed by atoms with van der Waals surface area (Å²) >= 11 is 0. The average molecular weight is 348 g/mol. The fourth-order valence-corrected chi connectivity index (χ4v) is 5.61. The monoisotopic (exact) mass is 348 g/mol. The van der Waals surface area contributed by atoms with Crippen LogP contribution in [0, 0.1) is 22.7 Å². The summed E-state index contributed by atoms with van der Waals surface area (Å²) in [5.41, 5.74) is 1.75. The van der Waals surface area contributed by atoms with Crippen LogP contribution >= 0.6 is 0 Å². The second-order valence-corrected chi connectivity index (χ2v) is 8.44. The first kappa shape index (κ1) is 19.7. The minimum Gasteiger partial charge on any atom is -0.478 e. The van der Waals surface area contributed by atoms with Crippen molar-refractivity contribution in [3.8, 4) is 0 Å². The Balaban J connectivity index is 2.27. The summed E-state index contributed by atoms with van der Waals surface area (Å²) in [4.78, 5) is 23.4. The molecule has 2 aliphatic carbocycles. The lowest BCUT2D eigenvalue weighted by atomic mass is 9.46. The SMILES string of the molecule is C=C1CC[C@@H]2[C@](C)(CCC[C@]2(C)C(=O)OC)[C@H]1CC/C(C)=C/C(=O)O. The van der Waals surface area contributed by atoms with E-state index < -0.39 is 11.4 Å². The molecule has 2 saturated carbocycles. The Morgan fingerprint density at radius 1 is 1.36 bits per heavy atom. The first-order valence-corrected chi connectivity index (χ1v) is 9.31. The van der Waals surface area contributed by atoms with Crippen molar-refractivity contribution in [1.29, 1.82) is 0 Å². The molecule has 2 rings (SSSR count). The van der Waals surface area contributed by atoms with Crippen molar-refractivity contribution in [1.82, 2.24) is 0 Å². The fourth-order valence-electron chi connectivity index (χ4n) is 5.61. The van der Waals surface area contributed by atoms with Gasteiger partial charge in [0.05, 0.1) is 12.5 Å². The molecule has 0 heterocycles. The number of carboxylic acids is 1. The number of esters is 1. The van der Waals surface area contributed by atoms with Crippen LogP contribution in [0.1, 0.15) is 65.7 Å². The quantitative estimate of drug-likeness (QED) is 0.442. The molecule has 4 atom stereocenters. The second kappa shape index (κ2) is 7.35. The standard InChI is InChI=1S/C21H32O4/c1-14(13-18(22)23)7-9-16-15(2)8-10-17-20(16,3)11-6-12-21(17,4)19(24)25-5/h13,16-17H,2,6-12H2,1,3-5H3,(H,22,23)/b14-13+/t16-,17+,20+,21-/m0/s1. The third-order valence-electron chi connectivity index (χ3n) is 6.87. The van der Waals surface area contributed by atoms with Crippen molar-refractivity contribution in [3.05, 3.63) is 23.8 Å². The van der Waals surface area contributed by atoms with Gasteiger partial charge in [0.2, 0.25) is 0 Å². The van der Waals surface area contributed by atoms with E-state index in [1.54, 1.807) is 0 Å². The van der Waals surface area contributed by atoms with Gasteiger partial charge in [-0.05, 0) is 69.6 Å². The summed E-state index contributed by atoms with van der Waals surface area (Å²) in [7, 11) is 1.48. The Morgan fingerprint density at radius 2 is 2.04 bits per heavy atom. The van der Waals surface area contributed by atoms with Gasteiger partial charge < -0.3 is 9.84 Å². The molecule has 0 spiro atoms. The molecule has 0 aliphatic heterocycles. The number of hydrogen-bond acceptors (Lipinski definition) is 3. The topological polar surface area (TPSA) is 63.6 Å². The summed E-state index contributed by atoms with van der Waals surface area (Å²) in [5, 5.41) is 8.92. The van der Waals surface area contributed by atoms with Gasteiger partial charge >= 0.3 is 11.9 Å². The lowest BCUT2D eigenvalue weighted by molar-refractivity contribution is -0.168. The molecule has 4 nitrogen and oxygen atoms in total. The van der Waals surface area contributed by atoms with Crippen molar-refractivity contribution in [3.63, 3.8) is 0 Å². The Bertz CT molecular complexity index is 591. The second-order valence-electron chi connectivity index (χ2n) is 8.44. The number of methoxy groups -OCH3 is 1. The van der Waals surface area contributed by atoms with E-state index in [0.29, 0.717) is 11.8 Å². The van der Waals surface area contributed by atoms with E-state index in [9.17, 15) is 9.59 Å². The van der Waals surface area contributed by atoms with E-state index in [1.165, 1.54) is 18.8 Å². The molecule has 140 valence electrons. The lowest BCUT2D eigenvalue weighted by Crippen LogP contribution is -2.53. The van der Waals surface area contributed by atoms with E-state index in [4.69, 9.17) is 9.84 Å². The van der Waals surface area contributed by atoms with Crippen molar-refractivity contribution < 1.29 is 19.4 Å². The molecule has 0 aromatic carbocycles. The number of rotatable bonds is 5. The van der Waals surface area contributed by atoms with E-state index in [1.807, 2.05) is 6.92 Å². The molecular formula is C21H32O4. The van der Waals surface area contributed by atoms with Gasteiger partial charge in [-0.25, -0.2) is 4.79 Å². The third-order valence-corrected chi connectivity index (χ3v) is 6.87. The molecule has 0 aromatic heterocycles. The molecule has 0 bridgehead atoms. The molecule has 2 fully saturated rings. The minimum atomic E-state index is -0.889. The van der Waals surface area contributed by atoms with E-state index >= 15 is 0 Å². The van der Waals surface area contributed by atoms with Gasteiger partial charge in [0.1, 0.15) is 0 Å².